The van der Waals surface area contributed by atoms with Crippen molar-refractivity contribution >= 4 is 35.2 Å². The van der Waals surface area contributed by atoms with Crippen LogP contribution in [0.15, 0.2) is 51.3 Å². The largest absolute Gasteiger partial charge is 0.503 e. The van der Waals surface area contributed by atoms with Gasteiger partial charge >= 0.3 is 0 Å². The number of thioether (sulfide) groups is 1. The van der Waals surface area contributed by atoms with E-state index in [1.807, 2.05) is 6.92 Å². The molecule has 0 unspecified atom stereocenters. The smallest absolute Gasteiger partial charge is 0.277 e. The first-order valence-corrected chi connectivity index (χ1v) is 12.4. The summed E-state index contributed by atoms with van der Waals surface area (Å²) in [4.78, 5) is 30.5. The summed E-state index contributed by atoms with van der Waals surface area (Å²) in [6.45, 7) is 3.88. The van der Waals surface area contributed by atoms with Crippen molar-refractivity contribution in [3.05, 3.63) is 57.7 Å². The lowest BCUT2D eigenvalue weighted by Crippen LogP contribution is -2.61. The molecule has 0 saturated heterocycles. The van der Waals surface area contributed by atoms with Gasteiger partial charge in [0.05, 0.1) is 15.7 Å². The number of nitrogens with zero attached hydrogens (tertiary/aromatic N) is 2. The van der Waals surface area contributed by atoms with Gasteiger partial charge in [-0.3, -0.25) is 20.3 Å². The van der Waals surface area contributed by atoms with Crippen LogP contribution in [0.25, 0.3) is 0 Å². The minimum Gasteiger partial charge on any atom is -0.503 e. The number of hydrogen-bond donors (Lipinski definition) is 4. The SMILES string of the molecule is CCN(C(=O)/C(N=CC(C)=C(N)SC(=N)Cc1ccc(F)cc1)=C(\O)C=O)C1(NC)CCCCC1. The van der Waals surface area contributed by atoms with Crippen LogP contribution in [-0.2, 0) is 16.0 Å². The highest BCUT2D eigenvalue weighted by atomic mass is 32.2. The van der Waals surface area contributed by atoms with E-state index < -0.39 is 17.3 Å². The summed E-state index contributed by atoms with van der Waals surface area (Å²) in [7, 11) is 1.80. The summed E-state index contributed by atoms with van der Waals surface area (Å²) in [6, 6.07) is 5.88. The van der Waals surface area contributed by atoms with Crippen molar-refractivity contribution in [1.82, 2.24) is 10.2 Å². The fraction of sp³-hybridized carbons (Fsp3) is 0.440. The van der Waals surface area contributed by atoms with Gasteiger partial charge in [0.1, 0.15) is 5.82 Å². The number of aliphatic imine (C=N–C) groups is 1. The van der Waals surface area contributed by atoms with Crippen LogP contribution in [0, 0.1) is 11.2 Å². The molecule has 5 N–H and O–H groups in total. The average molecular weight is 504 g/mol. The first-order chi connectivity index (χ1) is 16.7. The van der Waals surface area contributed by atoms with Crippen LogP contribution in [0.2, 0.25) is 0 Å². The van der Waals surface area contributed by atoms with Crippen molar-refractivity contribution < 1.29 is 19.1 Å². The molecule has 0 aromatic heterocycles. The Morgan fingerprint density at radius 3 is 2.49 bits per heavy atom. The molecule has 0 heterocycles. The number of aldehydes is 1. The number of benzene rings is 1. The van der Waals surface area contributed by atoms with E-state index in [1.165, 1.54) is 18.3 Å². The highest BCUT2D eigenvalue weighted by Crippen LogP contribution is 2.32. The van der Waals surface area contributed by atoms with E-state index in [0.717, 1.165) is 49.4 Å². The molecule has 8 nitrogen and oxygen atoms in total. The topological polar surface area (TPSA) is 132 Å². The molecular weight excluding hydrogens is 469 g/mol. The van der Waals surface area contributed by atoms with E-state index in [4.69, 9.17) is 11.1 Å². The quantitative estimate of drug-likeness (QED) is 0.0952. The minimum atomic E-state index is -0.755. The van der Waals surface area contributed by atoms with Crippen molar-refractivity contribution in [2.24, 2.45) is 10.7 Å². The highest BCUT2D eigenvalue weighted by Gasteiger charge is 2.40. The number of carbonyl (C=O) groups excluding carboxylic acids is 2. The number of allylic oxidation sites excluding steroid dienone is 2. The van der Waals surface area contributed by atoms with Gasteiger partial charge in [0.25, 0.3) is 5.91 Å². The number of nitrogens with two attached hydrogens (primary N) is 1. The van der Waals surface area contributed by atoms with E-state index in [2.05, 4.69) is 10.3 Å². The number of carbonyl (C=O) groups is 2. The Morgan fingerprint density at radius 2 is 1.94 bits per heavy atom. The number of amides is 1. The molecule has 1 saturated carbocycles. The fourth-order valence-electron chi connectivity index (χ4n) is 4.11. The number of aliphatic hydroxyl groups excluding tert-OH is 1. The number of hydrogen-bond acceptors (Lipinski definition) is 8. The standard InChI is InChI=1S/C25H34FN5O3S/c1-4-31(25(29-3)12-6-5-7-13-25)24(34)22(20(33)16-32)30-15-17(2)23(28)35-21(27)14-18-8-10-19(26)11-9-18/h8-11,15-16,27,29,33H,4-7,12-14,28H2,1-3H3/b22-20+,23-17?,27-21?,30-15?. The summed E-state index contributed by atoms with van der Waals surface area (Å²) in [5, 5.41) is 22.2. The van der Waals surface area contributed by atoms with Crippen molar-refractivity contribution in [3.63, 3.8) is 0 Å². The summed E-state index contributed by atoms with van der Waals surface area (Å²) >= 11 is 1.02. The predicted octanol–water partition coefficient (Wildman–Crippen LogP) is 4.04. The average Bonchev–Trinajstić information content (AvgIpc) is 2.86. The highest BCUT2D eigenvalue weighted by molar-refractivity contribution is 8.17. The van der Waals surface area contributed by atoms with Crippen LogP contribution in [0.1, 0.15) is 51.5 Å². The van der Waals surface area contributed by atoms with Crippen molar-refractivity contribution in [2.75, 3.05) is 13.6 Å². The molecule has 1 amide bonds. The lowest BCUT2D eigenvalue weighted by Gasteiger charge is -2.46. The number of likely N-dealkylation sites (N-methyl/N-ethyl adjacent to an activating group) is 1. The number of rotatable bonds is 10. The zero-order chi connectivity index (χ0) is 26.0. The third kappa shape index (κ3) is 7.50. The second-order valence-corrected chi connectivity index (χ2v) is 9.51. The van der Waals surface area contributed by atoms with Crippen LogP contribution in [-0.4, -0.2) is 52.7 Å². The molecule has 10 heteroatoms. The molecule has 2 rings (SSSR count). The van der Waals surface area contributed by atoms with Gasteiger partial charge in [-0.15, -0.1) is 0 Å². The van der Waals surface area contributed by atoms with E-state index in [9.17, 15) is 19.1 Å². The van der Waals surface area contributed by atoms with Gasteiger partial charge in [-0.1, -0.05) is 30.3 Å². The maximum absolute atomic E-state index is 13.4. The van der Waals surface area contributed by atoms with Gasteiger partial charge in [0.2, 0.25) is 0 Å². The summed E-state index contributed by atoms with van der Waals surface area (Å²) in [5.41, 5.74) is 6.42. The Kier molecular flexibility index (Phi) is 10.7. The lowest BCUT2D eigenvalue weighted by molar-refractivity contribution is -0.136. The Balaban J connectivity index is 2.21. The van der Waals surface area contributed by atoms with Gasteiger partial charge in [-0.2, -0.15) is 0 Å². The van der Waals surface area contributed by atoms with Crippen molar-refractivity contribution in [2.45, 2.75) is 58.0 Å². The molecule has 1 aliphatic rings. The second-order valence-electron chi connectivity index (χ2n) is 8.38. The fourth-order valence-corrected chi connectivity index (χ4v) is 4.83. The summed E-state index contributed by atoms with van der Waals surface area (Å²) in [6.07, 6.45) is 6.33. The third-order valence-corrected chi connectivity index (χ3v) is 7.00. The van der Waals surface area contributed by atoms with Crippen LogP contribution >= 0.6 is 11.8 Å². The predicted molar refractivity (Wildman–Crippen MR) is 139 cm³/mol. The number of aliphatic hydroxyl groups is 1. The maximum Gasteiger partial charge on any atom is 0.277 e. The Morgan fingerprint density at radius 1 is 1.31 bits per heavy atom. The van der Waals surface area contributed by atoms with Crippen molar-refractivity contribution in [3.8, 4) is 0 Å². The van der Waals surface area contributed by atoms with Gasteiger partial charge in [-0.05, 0) is 69.8 Å². The van der Waals surface area contributed by atoms with Crippen LogP contribution < -0.4 is 11.1 Å². The summed E-state index contributed by atoms with van der Waals surface area (Å²) < 4.78 is 13.1. The molecule has 0 atom stereocenters. The molecule has 1 aliphatic carbocycles. The van der Waals surface area contributed by atoms with E-state index in [0.29, 0.717) is 12.1 Å². The van der Waals surface area contributed by atoms with Gasteiger partial charge < -0.3 is 15.7 Å². The Hall–Kier alpha value is -2.98. The number of halogens is 1. The Bertz CT molecular complexity index is 1010. The molecule has 35 heavy (non-hydrogen) atoms. The molecular formula is C25H34FN5O3S. The Labute approximate surface area is 210 Å². The second kappa shape index (κ2) is 13.2. The molecule has 0 aliphatic heterocycles. The van der Waals surface area contributed by atoms with E-state index in [-0.39, 0.29) is 34.3 Å². The molecule has 1 aromatic carbocycles. The minimum absolute atomic E-state index is 0.195. The third-order valence-electron chi connectivity index (χ3n) is 6.07. The molecule has 1 aromatic rings. The first-order valence-electron chi connectivity index (χ1n) is 11.6. The molecule has 0 bridgehead atoms. The molecule has 0 radical (unpaired) electrons. The lowest BCUT2D eigenvalue weighted by atomic mass is 9.87. The van der Waals surface area contributed by atoms with Crippen LogP contribution in [0.4, 0.5) is 4.39 Å². The van der Waals surface area contributed by atoms with Gasteiger partial charge in [-0.25, -0.2) is 9.38 Å². The van der Waals surface area contributed by atoms with Crippen LogP contribution in [0.3, 0.4) is 0 Å². The van der Waals surface area contributed by atoms with E-state index >= 15 is 0 Å². The summed E-state index contributed by atoms with van der Waals surface area (Å²) in [5.74, 6) is -1.65. The molecule has 0 spiro atoms. The van der Waals surface area contributed by atoms with Gasteiger partial charge in [0, 0.05) is 19.2 Å². The zero-order valence-corrected chi connectivity index (χ0v) is 21.3. The maximum atomic E-state index is 13.4. The zero-order valence-electron chi connectivity index (χ0n) is 20.4. The van der Waals surface area contributed by atoms with Crippen LogP contribution in [0.5, 0.6) is 0 Å². The number of nitrogens with one attached hydrogen (secondary N) is 2. The normalized spacial score (nSPS) is 16.9. The first kappa shape index (κ1) is 28.3. The van der Waals surface area contributed by atoms with Gasteiger partial charge in [0.15, 0.2) is 17.7 Å². The van der Waals surface area contributed by atoms with Crippen molar-refractivity contribution in [1.29, 1.82) is 5.41 Å². The monoisotopic (exact) mass is 503 g/mol. The molecule has 1 fully saturated rings. The van der Waals surface area contributed by atoms with E-state index in [1.54, 1.807) is 31.0 Å². The molecule has 190 valence electrons.